The van der Waals surface area contributed by atoms with Crippen molar-refractivity contribution in [1.82, 2.24) is 4.90 Å². The molecule has 3 rings (SSSR count). The highest BCUT2D eigenvalue weighted by Gasteiger charge is 2.18. The molecule has 0 unspecified atom stereocenters. The number of aliphatic hydroxyl groups is 1. The molecule has 3 aromatic carbocycles. The minimum absolute atomic E-state index is 0.0220. The number of likely N-dealkylation sites (N-methyl/N-ethyl adjacent to an activating group) is 1. The van der Waals surface area contributed by atoms with E-state index in [1.165, 1.54) is 12.1 Å². The highest BCUT2D eigenvalue weighted by Crippen LogP contribution is 2.37. The van der Waals surface area contributed by atoms with Crippen molar-refractivity contribution in [2.75, 3.05) is 33.9 Å². The Hall–Kier alpha value is -3.02. The van der Waals surface area contributed by atoms with E-state index in [-0.39, 0.29) is 6.61 Å². The van der Waals surface area contributed by atoms with Gasteiger partial charge < -0.3 is 14.7 Å². The molecule has 168 valence electrons. The molecule has 0 heterocycles. The summed E-state index contributed by atoms with van der Waals surface area (Å²) in [5.74, 6) is -0.512. The highest BCUT2D eigenvalue weighted by molar-refractivity contribution is 5.98. The van der Waals surface area contributed by atoms with Crippen LogP contribution in [0.25, 0.3) is 11.1 Å². The lowest BCUT2D eigenvalue weighted by atomic mass is 9.87. The van der Waals surface area contributed by atoms with Crippen LogP contribution in [0.15, 0.2) is 72.8 Å². The molecule has 0 aromatic heterocycles. The van der Waals surface area contributed by atoms with Crippen LogP contribution in [0.1, 0.15) is 29.5 Å². The Morgan fingerprint density at radius 1 is 0.906 bits per heavy atom. The Balaban J connectivity index is 2.11. The van der Waals surface area contributed by atoms with Crippen LogP contribution in [0.2, 0.25) is 0 Å². The summed E-state index contributed by atoms with van der Waals surface area (Å²) in [6.07, 6.45) is 1.08. The first-order valence-electron chi connectivity index (χ1n) is 10.7. The minimum atomic E-state index is -0.622. The van der Waals surface area contributed by atoms with E-state index in [0.717, 1.165) is 35.1 Å². The number of allylic oxidation sites excluding steroid dienone is 1. The maximum atomic E-state index is 15.0. The third-order valence-corrected chi connectivity index (χ3v) is 5.16. The van der Waals surface area contributed by atoms with Gasteiger partial charge >= 0.3 is 0 Å². The maximum Gasteiger partial charge on any atom is 0.133 e. The number of rotatable bonds is 10. The second kappa shape index (κ2) is 11.6. The second-order valence-corrected chi connectivity index (χ2v) is 7.85. The normalized spacial score (nSPS) is 12.1. The number of hydrogen-bond acceptors (Lipinski definition) is 3. The number of nitrogens with zero attached hydrogens (tertiary/aromatic N) is 1. The predicted molar refractivity (Wildman–Crippen MR) is 126 cm³/mol. The van der Waals surface area contributed by atoms with Gasteiger partial charge in [0.1, 0.15) is 24.0 Å². The lowest BCUT2D eigenvalue weighted by Gasteiger charge is -2.18. The molecule has 0 spiro atoms. The van der Waals surface area contributed by atoms with Gasteiger partial charge in [-0.25, -0.2) is 8.78 Å². The molecule has 0 fully saturated rings. The zero-order valence-corrected chi connectivity index (χ0v) is 18.5. The van der Waals surface area contributed by atoms with E-state index in [1.807, 2.05) is 73.6 Å². The van der Waals surface area contributed by atoms with Gasteiger partial charge in [-0.3, -0.25) is 0 Å². The Labute approximate surface area is 188 Å². The first-order valence-corrected chi connectivity index (χ1v) is 10.7. The quantitative estimate of drug-likeness (QED) is 0.417. The molecule has 3 aromatic rings. The summed E-state index contributed by atoms with van der Waals surface area (Å²) in [5, 5.41) is 9.47. The fraction of sp³-hybridized carbons (Fsp3) is 0.259. The largest absolute Gasteiger partial charge is 0.492 e. The van der Waals surface area contributed by atoms with E-state index < -0.39 is 11.6 Å². The standard InChI is InChI=1S/C27H29F2NO2/c1-30(2)16-18-32-23-13-10-21(11-14-23)27(25-15-12-22(28)19-26(25)29)24(9-6-17-31)20-7-4-3-5-8-20/h3-5,7-8,10-15,19,31H,6,9,16-18H2,1-2H3. The van der Waals surface area contributed by atoms with Crippen LogP contribution < -0.4 is 4.74 Å². The summed E-state index contributed by atoms with van der Waals surface area (Å²) in [6.45, 7) is 1.38. The predicted octanol–water partition coefficient (Wildman–Crippen LogP) is 5.64. The Morgan fingerprint density at radius 2 is 1.62 bits per heavy atom. The first kappa shape index (κ1) is 23.6. The summed E-state index contributed by atoms with van der Waals surface area (Å²) in [4.78, 5) is 2.04. The molecule has 32 heavy (non-hydrogen) atoms. The molecule has 0 saturated heterocycles. The topological polar surface area (TPSA) is 32.7 Å². The SMILES string of the molecule is CN(C)CCOc1ccc(C(=C(CCCO)c2ccccc2)c2ccc(F)cc2F)cc1. The van der Waals surface area contributed by atoms with E-state index in [1.54, 1.807) is 0 Å². The minimum Gasteiger partial charge on any atom is -0.492 e. The number of halogens is 2. The Morgan fingerprint density at radius 3 is 2.25 bits per heavy atom. The van der Waals surface area contributed by atoms with Crippen LogP contribution in [0, 0.1) is 11.6 Å². The summed E-state index contributed by atoms with van der Waals surface area (Å²) in [5.41, 5.74) is 3.64. The molecule has 3 nitrogen and oxygen atoms in total. The van der Waals surface area contributed by atoms with Gasteiger partial charge in [-0.1, -0.05) is 42.5 Å². The third kappa shape index (κ3) is 6.25. The molecule has 0 saturated carbocycles. The lowest BCUT2D eigenvalue weighted by molar-refractivity contribution is 0.261. The molecule has 0 aliphatic carbocycles. The van der Waals surface area contributed by atoms with E-state index in [0.29, 0.717) is 30.6 Å². The van der Waals surface area contributed by atoms with Crippen molar-refractivity contribution in [3.8, 4) is 5.75 Å². The van der Waals surface area contributed by atoms with E-state index in [4.69, 9.17) is 4.74 Å². The van der Waals surface area contributed by atoms with Gasteiger partial charge in [0.2, 0.25) is 0 Å². The van der Waals surface area contributed by atoms with Crippen LogP contribution in [-0.4, -0.2) is 43.9 Å². The molecule has 0 aliphatic rings. The van der Waals surface area contributed by atoms with Crippen LogP contribution in [0.3, 0.4) is 0 Å². The zero-order chi connectivity index (χ0) is 22.9. The van der Waals surface area contributed by atoms with Gasteiger partial charge in [0.05, 0.1) is 0 Å². The maximum absolute atomic E-state index is 15.0. The third-order valence-electron chi connectivity index (χ3n) is 5.16. The average Bonchev–Trinajstić information content (AvgIpc) is 2.78. The van der Waals surface area contributed by atoms with Gasteiger partial charge in [0.25, 0.3) is 0 Å². The summed E-state index contributed by atoms with van der Waals surface area (Å²) < 4.78 is 34.4. The van der Waals surface area contributed by atoms with Crippen molar-refractivity contribution in [3.05, 3.63) is 101 Å². The molecule has 0 amide bonds. The van der Waals surface area contributed by atoms with Crippen LogP contribution in [0.4, 0.5) is 8.78 Å². The summed E-state index contributed by atoms with van der Waals surface area (Å²) in [7, 11) is 3.97. The summed E-state index contributed by atoms with van der Waals surface area (Å²) in [6, 6.07) is 20.9. The van der Waals surface area contributed by atoms with Gasteiger partial charge in [0.15, 0.2) is 0 Å². The van der Waals surface area contributed by atoms with E-state index >= 15 is 0 Å². The van der Waals surface area contributed by atoms with E-state index in [9.17, 15) is 13.9 Å². The molecule has 0 aliphatic heterocycles. The van der Waals surface area contributed by atoms with Gasteiger partial charge in [-0.2, -0.15) is 0 Å². The Kier molecular flexibility index (Phi) is 8.54. The van der Waals surface area contributed by atoms with E-state index in [2.05, 4.69) is 0 Å². The van der Waals surface area contributed by atoms with Crippen LogP contribution in [0.5, 0.6) is 5.75 Å². The van der Waals surface area contributed by atoms with Crippen molar-refractivity contribution in [2.45, 2.75) is 12.8 Å². The van der Waals surface area contributed by atoms with Crippen molar-refractivity contribution < 1.29 is 18.6 Å². The summed E-state index contributed by atoms with van der Waals surface area (Å²) >= 11 is 0. The van der Waals surface area contributed by atoms with Crippen molar-refractivity contribution in [2.24, 2.45) is 0 Å². The number of benzene rings is 3. The fourth-order valence-electron chi connectivity index (χ4n) is 3.56. The van der Waals surface area contributed by atoms with Gasteiger partial charge in [0, 0.05) is 24.8 Å². The number of ether oxygens (including phenoxy) is 1. The molecule has 0 atom stereocenters. The lowest BCUT2D eigenvalue weighted by Crippen LogP contribution is -2.19. The number of aliphatic hydroxyl groups excluding tert-OH is 1. The van der Waals surface area contributed by atoms with Crippen LogP contribution in [-0.2, 0) is 0 Å². The highest BCUT2D eigenvalue weighted by atomic mass is 19.1. The van der Waals surface area contributed by atoms with Crippen molar-refractivity contribution in [1.29, 1.82) is 0 Å². The molecular weight excluding hydrogens is 408 g/mol. The van der Waals surface area contributed by atoms with Crippen molar-refractivity contribution >= 4 is 11.1 Å². The first-order chi connectivity index (χ1) is 15.5. The average molecular weight is 438 g/mol. The fourth-order valence-corrected chi connectivity index (χ4v) is 3.56. The van der Waals surface area contributed by atoms with Gasteiger partial charge in [-0.05, 0) is 73.5 Å². The monoisotopic (exact) mass is 437 g/mol. The molecule has 5 heteroatoms. The molecular formula is C27H29F2NO2. The second-order valence-electron chi connectivity index (χ2n) is 7.85. The van der Waals surface area contributed by atoms with Crippen LogP contribution >= 0.6 is 0 Å². The Bertz CT molecular complexity index is 1030. The van der Waals surface area contributed by atoms with Gasteiger partial charge in [-0.15, -0.1) is 0 Å². The molecule has 0 radical (unpaired) electrons. The smallest absolute Gasteiger partial charge is 0.133 e. The number of hydrogen-bond donors (Lipinski definition) is 1. The zero-order valence-electron chi connectivity index (χ0n) is 18.5. The molecule has 1 N–H and O–H groups in total. The molecule has 0 bridgehead atoms. The van der Waals surface area contributed by atoms with Crippen molar-refractivity contribution in [3.63, 3.8) is 0 Å².